The number of aromatic nitrogens is 2. The van der Waals surface area contributed by atoms with Gasteiger partial charge in [-0.2, -0.15) is 4.57 Å². The molecule has 1 fully saturated rings. The van der Waals surface area contributed by atoms with Crippen LogP contribution < -0.4 is 11.2 Å². The van der Waals surface area contributed by atoms with E-state index in [-0.39, 0.29) is 12.2 Å². The minimum atomic E-state index is -3.52. The molecule has 4 atom stereocenters. The second-order valence-corrected chi connectivity index (χ2v) is 9.31. The second kappa shape index (κ2) is 10.5. The van der Waals surface area contributed by atoms with E-state index >= 15 is 0 Å². The SMILES string of the molecule is COC[C@@H]1[C@H](O)[C@@H](/C=C/P(=O)(OC)OC)O[C@H]1n1ccc(=O)n(C(=O)c2ccccc2)c1=O. The van der Waals surface area contributed by atoms with Crippen LogP contribution in [0.5, 0.6) is 0 Å². The Balaban J connectivity index is 2.01. The summed E-state index contributed by atoms with van der Waals surface area (Å²) in [5.41, 5.74) is -1.57. The fraction of sp³-hybridized carbons (Fsp3) is 0.381. The maximum atomic E-state index is 13.2. The van der Waals surface area contributed by atoms with E-state index in [1.807, 2.05) is 0 Å². The van der Waals surface area contributed by atoms with Gasteiger partial charge in [0.25, 0.3) is 11.5 Å². The van der Waals surface area contributed by atoms with Gasteiger partial charge < -0.3 is 23.6 Å². The van der Waals surface area contributed by atoms with E-state index in [0.29, 0.717) is 4.57 Å². The molecule has 0 spiro atoms. The van der Waals surface area contributed by atoms with Crippen LogP contribution in [-0.4, -0.2) is 60.3 Å². The molecule has 0 aliphatic carbocycles. The summed E-state index contributed by atoms with van der Waals surface area (Å²) in [6.45, 7) is 0.000583. The number of hydrogen-bond acceptors (Lipinski definition) is 9. The predicted molar refractivity (Wildman–Crippen MR) is 117 cm³/mol. The zero-order chi connectivity index (χ0) is 24.2. The number of carbonyl (C=O) groups excluding carboxylic acids is 1. The van der Waals surface area contributed by atoms with E-state index in [4.69, 9.17) is 18.5 Å². The highest BCUT2D eigenvalue weighted by atomic mass is 31.2. The normalized spacial score (nSPS) is 23.3. The Morgan fingerprint density at radius 1 is 1.15 bits per heavy atom. The molecule has 178 valence electrons. The molecule has 11 nitrogen and oxygen atoms in total. The number of carbonyl (C=O) groups is 1. The Morgan fingerprint density at radius 2 is 1.82 bits per heavy atom. The largest absolute Gasteiger partial charge is 0.390 e. The van der Waals surface area contributed by atoms with E-state index in [9.17, 15) is 24.1 Å². The average Bonchev–Trinajstić information content (AvgIpc) is 3.13. The van der Waals surface area contributed by atoms with Crippen molar-refractivity contribution in [1.29, 1.82) is 0 Å². The lowest BCUT2D eigenvalue weighted by atomic mass is 10.0. The van der Waals surface area contributed by atoms with E-state index in [1.165, 1.54) is 45.7 Å². The summed E-state index contributed by atoms with van der Waals surface area (Å²) in [5, 5.41) is 10.8. The molecule has 33 heavy (non-hydrogen) atoms. The molecule has 0 amide bonds. The molecule has 1 aliphatic rings. The molecule has 1 aliphatic heterocycles. The van der Waals surface area contributed by atoms with Crippen LogP contribution in [0.4, 0.5) is 0 Å². The van der Waals surface area contributed by atoms with Gasteiger partial charge in [0.2, 0.25) is 0 Å². The van der Waals surface area contributed by atoms with Crippen LogP contribution in [0.1, 0.15) is 16.6 Å². The number of rotatable bonds is 8. The summed E-state index contributed by atoms with van der Waals surface area (Å²) >= 11 is 0. The third-order valence-corrected chi connectivity index (χ3v) is 6.83. The van der Waals surface area contributed by atoms with Crippen LogP contribution in [0, 0.1) is 5.92 Å². The zero-order valence-corrected chi connectivity index (χ0v) is 19.2. The van der Waals surface area contributed by atoms with Crippen LogP contribution >= 0.6 is 7.60 Å². The van der Waals surface area contributed by atoms with Gasteiger partial charge in [-0.05, 0) is 18.2 Å². The van der Waals surface area contributed by atoms with Gasteiger partial charge in [-0.1, -0.05) is 18.2 Å². The van der Waals surface area contributed by atoms with Crippen molar-refractivity contribution in [2.75, 3.05) is 27.9 Å². The number of methoxy groups -OCH3 is 1. The van der Waals surface area contributed by atoms with Crippen LogP contribution in [0.15, 0.2) is 64.1 Å². The predicted octanol–water partition coefficient (Wildman–Crippen LogP) is 1.22. The van der Waals surface area contributed by atoms with Crippen LogP contribution in [0.25, 0.3) is 0 Å². The Labute approximate surface area is 189 Å². The molecule has 1 aromatic heterocycles. The quantitative estimate of drug-likeness (QED) is 0.553. The van der Waals surface area contributed by atoms with Gasteiger partial charge >= 0.3 is 13.3 Å². The van der Waals surface area contributed by atoms with Crippen molar-refractivity contribution in [1.82, 2.24) is 9.13 Å². The Bertz CT molecular complexity index is 1170. The highest BCUT2D eigenvalue weighted by Crippen LogP contribution is 2.48. The van der Waals surface area contributed by atoms with Crippen molar-refractivity contribution in [2.24, 2.45) is 5.92 Å². The summed E-state index contributed by atoms with van der Waals surface area (Å²) in [7, 11) is 0.321. The van der Waals surface area contributed by atoms with Crippen molar-refractivity contribution in [3.8, 4) is 0 Å². The highest BCUT2D eigenvalue weighted by Gasteiger charge is 2.44. The van der Waals surface area contributed by atoms with Crippen molar-refractivity contribution in [3.05, 3.63) is 80.9 Å². The first-order chi connectivity index (χ1) is 15.8. The molecule has 1 saturated heterocycles. The summed E-state index contributed by atoms with van der Waals surface area (Å²) < 4.78 is 34.6. The van der Waals surface area contributed by atoms with E-state index < -0.39 is 49.1 Å². The standard InChI is InChI=1S/C21H25N2O9P/c1-29-13-15-18(25)16(10-12-33(28,30-2)31-3)32-20(15)22-11-9-17(24)23(21(22)27)19(26)14-7-5-4-6-8-14/h4-12,15-16,18,20,25H,13H2,1-3H3/b12-10+/t15-,16-,18+,20-/m1/s1. The topological polar surface area (TPSA) is 135 Å². The molecule has 12 heteroatoms. The molecule has 3 rings (SSSR count). The molecule has 0 unspecified atom stereocenters. The van der Waals surface area contributed by atoms with E-state index in [2.05, 4.69) is 0 Å². The minimum absolute atomic E-state index is 0.000583. The number of nitrogens with zero attached hydrogens (tertiary/aromatic N) is 2. The molecular weight excluding hydrogens is 455 g/mol. The first-order valence-corrected chi connectivity index (χ1v) is 11.5. The summed E-state index contributed by atoms with van der Waals surface area (Å²) in [4.78, 5) is 38.4. The molecule has 2 heterocycles. The maximum absolute atomic E-state index is 13.2. The number of hydrogen-bond donors (Lipinski definition) is 1. The summed E-state index contributed by atoms with van der Waals surface area (Å²) in [6, 6.07) is 8.96. The lowest BCUT2D eigenvalue weighted by molar-refractivity contribution is -0.0136. The van der Waals surface area contributed by atoms with Gasteiger partial charge in [-0.25, -0.2) is 4.79 Å². The van der Waals surface area contributed by atoms with E-state index in [0.717, 1.165) is 16.5 Å². The third kappa shape index (κ3) is 5.14. The molecule has 0 radical (unpaired) electrons. The number of benzene rings is 1. The number of aliphatic hydroxyl groups excluding tert-OH is 1. The smallest absolute Gasteiger partial charge is 0.353 e. The van der Waals surface area contributed by atoms with E-state index in [1.54, 1.807) is 18.2 Å². The van der Waals surface area contributed by atoms with Crippen molar-refractivity contribution in [2.45, 2.75) is 18.4 Å². The Hall–Kier alpha value is -2.66. The van der Waals surface area contributed by atoms with Crippen LogP contribution in [0.3, 0.4) is 0 Å². The van der Waals surface area contributed by atoms with Crippen molar-refractivity contribution >= 4 is 13.5 Å². The summed E-state index contributed by atoms with van der Waals surface area (Å²) in [5.74, 6) is -0.389. The second-order valence-electron chi connectivity index (χ2n) is 7.20. The number of aliphatic hydroxyl groups is 1. The highest BCUT2D eigenvalue weighted by molar-refractivity contribution is 7.57. The maximum Gasteiger partial charge on any atom is 0.353 e. The van der Waals surface area contributed by atoms with Crippen LogP contribution in [-0.2, 0) is 23.1 Å². The third-order valence-electron chi connectivity index (χ3n) is 5.27. The molecular formula is C21H25N2O9P. The molecule has 0 saturated carbocycles. The first kappa shape index (κ1) is 25.0. The summed E-state index contributed by atoms with van der Waals surface area (Å²) in [6.07, 6.45) is -0.726. The molecule has 0 bridgehead atoms. The Kier molecular flexibility index (Phi) is 7.96. The molecule has 1 N–H and O–H groups in total. The number of ether oxygens (including phenoxy) is 2. The van der Waals surface area contributed by atoms with Gasteiger partial charge in [0, 0.05) is 45.0 Å². The lowest BCUT2D eigenvalue weighted by Gasteiger charge is -2.21. The average molecular weight is 480 g/mol. The lowest BCUT2D eigenvalue weighted by Crippen LogP contribution is -2.45. The fourth-order valence-electron chi connectivity index (χ4n) is 3.53. The fourth-order valence-corrected chi connectivity index (χ4v) is 4.30. The van der Waals surface area contributed by atoms with Gasteiger partial charge in [-0.15, -0.1) is 0 Å². The molecule has 1 aromatic carbocycles. The van der Waals surface area contributed by atoms with Gasteiger partial charge in [0.1, 0.15) is 12.3 Å². The monoisotopic (exact) mass is 480 g/mol. The Morgan fingerprint density at radius 3 is 2.42 bits per heavy atom. The van der Waals surface area contributed by atoms with Crippen molar-refractivity contribution < 1.29 is 33.0 Å². The zero-order valence-electron chi connectivity index (χ0n) is 18.3. The minimum Gasteiger partial charge on any atom is -0.390 e. The van der Waals surface area contributed by atoms with Gasteiger partial charge in [-0.3, -0.25) is 18.7 Å². The van der Waals surface area contributed by atoms with Crippen LogP contribution in [0.2, 0.25) is 0 Å². The van der Waals surface area contributed by atoms with Gasteiger partial charge in [0.05, 0.1) is 18.6 Å². The van der Waals surface area contributed by atoms with Crippen molar-refractivity contribution in [3.63, 3.8) is 0 Å². The molecule has 2 aromatic rings. The first-order valence-electron chi connectivity index (χ1n) is 9.93. The van der Waals surface area contributed by atoms with Gasteiger partial charge in [0.15, 0.2) is 0 Å².